The lowest BCUT2D eigenvalue weighted by Crippen LogP contribution is -2.30. The molecule has 0 saturated heterocycles. The number of carbonyl (C=O) groups excluding carboxylic acids is 1. The highest BCUT2D eigenvalue weighted by Crippen LogP contribution is 2.15. The third kappa shape index (κ3) is 4.44. The highest BCUT2D eigenvalue weighted by Gasteiger charge is 2.03. The van der Waals surface area contributed by atoms with Gasteiger partial charge in [-0.05, 0) is 42.3 Å². The summed E-state index contributed by atoms with van der Waals surface area (Å²) in [5, 5.41) is 6.86. The molecule has 0 aromatic heterocycles. The molecule has 2 aromatic carbocycles. The molecule has 2 amide bonds. The van der Waals surface area contributed by atoms with Crippen LogP contribution in [0.15, 0.2) is 48.5 Å². The number of amides is 2. The van der Waals surface area contributed by atoms with Crippen molar-refractivity contribution in [1.29, 1.82) is 0 Å². The van der Waals surface area contributed by atoms with E-state index in [1.54, 1.807) is 24.3 Å². The molecule has 0 spiro atoms. The summed E-state index contributed by atoms with van der Waals surface area (Å²) in [6.07, 6.45) is 0.688. The Labute approximate surface area is 127 Å². The Bertz CT molecular complexity index is 585. The van der Waals surface area contributed by atoms with E-state index in [9.17, 15) is 4.79 Å². The molecule has 0 aliphatic carbocycles. The Hall–Kier alpha value is -1.71. The Balaban J connectivity index is 1.78. The van der Waals surface area contributed by atoms with Crippen LogP contribution in [0.2, 0.25) is 10.0 Å². The van der Waals surface area contributed by atoms with Crippen molar-refractivity contribution in [2.45, 2.75) is 6.42 Å². The number of carbonyl (C=O) groups is 1. The van der Waals surface area contributed by atoms with Gasteiger partial charge >= 0.3 is 6.03 Å². The monoisotopic (exact) mass is 308 g/mol. The molecule has 0 saturated carbocycles. The molecular weight excluding hydrogens is 295 g/mol. The van der Waals surface area contributed by atoms with E-state index in [1.165, 1.54) is 0 Å². The quantitative estimate of drug-likeness (QED) is 0.866. The highest BCUT2D eigenvalue weighted by molar-refractivity contribution is 6.31. The number of rotatable bonds is 4. The number of anilines is 1. The van der Waals surface area contributed by atoms with Crippen LogP contribution in [-0.4, -0.2) is 12.6 Å². The Morgan fingerprint density at radius 1 is 1.00 bits per heavy atom. The lowest BCUT2D eigenvalue weighted by Gasteiger charge is -2.08. The zero-order valence-corrected chi connectivity index (χ0v) is 12.2. The molecule has 0 radical (unpaired) electrons. The van der Waals surface area contributed by atoms with Gasteiger partial charge in [0.15, 0.2) is 0 Å². The topological polar surface area (TPSA) is 41.1 Å². The van der Waals surface area contributed by atoms with Crippen LogP contribution >= 0.6 is 23.2 Å². The van der Waals surface area contributed by atoms with E-state index < -0.39 is 0 Å². The fourth-order valence-corrected chi connectivity index (χ4v) is 2.08. The van der Waals surface area contributed by atoms with Gasteiger partial charge in [0.05, 0.1) is 0 Å². The molecule has 2 aromatic rings. The van der Waals surface area contributed by atoms with Gasteiger partial charge in [0, 0.05) is 22.3 Å². The van der Waals surface area contributed by atoms with Gasteiger partial charge < -0.3 is 10.6 Å². The number of urea groups is 1. The zero-order valence-electron chi connectivity index (χ0n) is 10.7. The van der Waals surface area contributed by atoms with Gasteiger partial charge in [-0.25, -0.2) is 4.79 Å². The van der Waals surface area contributed by atoms with E-state index in [2.05, 4.69) is 10.6 Å². The molecule has 2 N–H and O–H groups in total. The van der Waals surface area contributed by atoms with Gasteiger partial charge in [0.25, 0.3) is 0 Å². The van der Waals surface area contributed by atoms with Crippen LogP contribution in [0.1, 0.15) is 5.56 Å². The minimum atomic E-state index is -0.251. The third-order valence-electron chi connectivity index (χ3n) is 2.74. The minimum absolute atomic E-state index is 0.251. The standard InChI is InChI=1S/C15H14Cl2N2O/c16-12-5-7-13(8-6-12)19-15(20)18-10-9-11-3-1-2-4-14(11)17/h1-8H,9-10H2,(H2,18,19,20). The maximum atomic E-state index is 11.7. The van der Waals surface area contributed by atoms with Crippen molar-refractivity contribution in [3.05, 3.63) is 64.1 Å². The third-order valence-corrected chi connectivity index (χ3v) is 3.36. The number of hydrogen-bond acceptors (Lipinski definition) is 1. The number of nitrogens with one attached hydrogen (secondary N) is 2. The maximum absolute atomic E-state index is 11.7. The first kappa shape index (κ1) is 14.7. The van der Waals surface area contributed by atoms with E-state index in [1.807, 2.05) is 24.3 Å². The first-order valence-corrected chi connectivity index (χ1v) is 6.94. The fraction of sp³-hybridized carbons (Fsp3) is 0.133. The van der Waals surface area contributed by atoms with E-state index in [0.717, 1.165) is 5.56 Å². The van der Waals surface area contributed by atoms with Crippen LogP contribution < -0.4 is 10.6 Å². The highest BCUT2D eigenvalue weighted by atomic mass is 35.5. The molecule has 0 aliphatic rings. The van der Waals surface area contributed by atoms with Crippen LogP contribution in [0.5, 0.6) is 0 Å². The summed E-state index contributed by atoms with van der Waals surface area (Å²) in [6, 6.07) is 14.3. The predicted molar refractivity (Wildman–Crippen MR) is 83.6 cm³/mol. The molecule has 0 atom stereocenters. The molecule has 0 aliphatic heterocycles. The largest absolute Gasteiger partial charge is 0.338 e. The van der Waals surface area contributed by atoms with Crippen LogP contribution in [-0.2, 0) is 6.42 Å². The zero-order chi connectivity index (χ0) is 14.4. The summed E-state index contributed by atoms with van der Waals surface area (Å²) in [5.74, 6) is 0. The summed E-state index contributed by atoms with van der Waals surface area (Å²) >= 11 is 11.8. The fourth-order valence-electron chi connectivity index (χ4n) is 1.72. The van der Waals surface area contributed by atoms with Gasteiger partial charge in [-0.3, -0.25) is 0 Å². The van der Waals surface area contributed by atoms with Crippen molar-refractivity contribution in [2.75, 3.05) is 11.9 Å². The molecule has 2 rings (SSSR count). The average molecular weight is 309 g/mol. The number of hydrogen-bond donors (Lipinski definition) is 2. The van der Waals surface area contributed by atoms with E-state index in [0.29, 0.717) is 28.7 Å². The molecule has 0 heterocycles. The first-order valence-electron chi connectivity index (χ1n) is 6.19. The van der Waals surface area contributed by atoms with Crippen molar-refractivity contribution < 1.29 is 4.79 Å². The van der Waals surface area contributed by atoms with Crippen LogP contribution in [0.25, 0.3) is 0 Å². The van der Waals surface area contributed by atoms with Crippen molar-refractivity contribution in [1.82, 2.24) is 5.32 Å². The van der Waals surface area contributed by atoms with Crippen LogP contribution in [0.3, 0.4) is 0 Å². The second kappa shape index (κ2) is 7.17. The summed E-state index contributed by atoms with van der Waals surface area (Å²) in [4.78, 5) is 11.7. The van der Waals surface area contributed by atoms with E-state index in [-0.39, 0.29) is 6.03 Å². The SMILES string of the molecule is O=C(NCCc1ccccc1Cl)Nc1ccc(Cl)cc1. The number of halogens is 2. The Kier molecular flexibility index (Phi) is 5.27. The van der Waals surface area contributed by atoms with Crippen molar-refractivity contribution in [3.8, 4) is 0 Å². The van der Waals surface area contributed by atoms with Gasteiger partial charge in [0.1, 0.15) is 0 Å². The van der Waals surface area contributed by atoms with Crippen LogP contribution in [0.4, 0.5) is 10.5 Å². The second-order valence-electron chi connectivity index (χ2n) is 4.23. The summed E-state index contributed by atoms with van der Waals surface area (Å²) in [5.41, 5.74) is 1.71. The summed E-state index contributed by atoms with van der Waals surface area (Å²) < 4.78 is 0. The maximum Gasteiger partial charge on any atom is 0.319 e. The minimum Gasteiger partial charge on any atom is -0.338 e. The Morgan fingerprint density at radius 3 is 2.40 bits per heavy atom. The molecule has 20 heavy (non-hydrogen) atoms. The van der Waals surface area contributed by atoms with E-state index in [4.69, 9.17) is 23.2 Å². The van der Waals surface area contributed by atoms with Gasteiger partial charge in [-0.2, -0.15) is 0 Å². The first-order chi connectivity index (χ1) is 9.65. The van der Waals surface area contributed by atoms with Crippen molar-refractivity contribution in [3.63, 3.8) is 0 Å². The van der Waals surface area contributed by atoms with Gasteiger partial charge in [0.2, 0.25) is 0 Å². The van der Waals surface area contributed by atoms with E-state index >= 15 is 0 Å². The predicted octanol–water partition coefficient (Wildman–Crippen LogP) is 4.36. The molecular formula is C15H14Cl2N2O. The summed E-state index contributed by atoms with van der Waals surface area (Å²) in [7, 11) is 0. The molecule has 0 unspecified atom stereocenters. The smallest absolute Gasteiger partial charge is 0.319 e. The van der Waals surface area contributed by atoms with Crippen molar-refractivity contribution in [2.24, 2.45) is 0 Å². The molecule has 5 heteroatoms. The molecule has 104 valence electrons. The summed E-state index contributed by atoms with van der Waals surface area (Å²) in [6.45, 7) is 0.517. The van der Waals surface area contributed by atoms with Gasteiger partial charge in [-0.1, -0.05) is 41.4 Å². The lowest BCUT2D eigenvalue weighted by atomic mass is 10.1. The average Bonchev–Trinajstić information content (AvgIpc) is 2.43. The Morgan fingerprint density at radius 2 is 1.70 bits per heavy atom. The lowest BCUT2D eigenvalue weighted by molar-refractivity contribution is 0.252. The van der Waals surface area contributed by atoms with Crippen LogP contribution in [0, 0.1) is 0 Å². The second-order valence-corrected chi connectivity index (χ2v) is 5.07. The van der Waals surface area contributed by atoms with Crippen molar-refractivity contribution >= 4 is 34.9 Å². The number of benzene rings is 2. The van der Waals surface area contributed by atoms with Gasteiger partial charge in [-0.15, -0.1) is 0 Å². The molecule has 3 nitrogen and oxygen atoms in total. The normalized spacial score (nSPS) is 10.1. The molecule has 0 fully saturated rings. The molecule has 0 bridgehead atoms.